The molecular weight excluding hydrogens is 270 g/mol. The van der Waals surface area contributed by atoms with Gasteiger partial charge in [-0.15, -0.1) is 0 Å². The Labute approximate surface area is 122 Å². The smallest absolute Gasteiger partial charge is 0.194 e. The Morgan fingerprint density at radius 1 is 1.05 bits per heavy atom. The molecular formula is C14H17N5S. The Balaban J connectivity index is 2.44. The number of nitrogens with zero attached hydrogens (tertiary/aromatic N) is 3. The lowest BCUT2D eigenvalue weighted by atomic mass is 10.2. The number of hydrogen-bond donors (Lipinski definition) is 2. The zero-order valence-electron chi connectivity index (χ0n) is 12.0. The maximum atomic E-state index is 7.61. The van der Waals surface area contributed by atoms with Crippen molar-refractivity contribution in [3.05, 3.63) is 40.3 Å². The van der Waals surface area contributed by atoms with Crippen molar-refractivity contribution in [2.75, 3.05) is 0 Å². The second kappa shape index (κ2) is 5.58. The van der Waals surface area contributed by atoms with E-state index in [4.69, 9.17) is 11.1 Å². The molecule has 0 amide bonds. The molecule has 5 nitrogen and oxygen atoms in total. The fourth-order valence-corrected chi connectivity index (χ4v) is 2.70. The van der Waals surface area contributed by atoms with Crippen LogP contribution in [0, 0.1) is 33.1 Å². The largest absolute Gasteiger partial charge is 0.384 e. The predicted molar refractivity (Wildman–Crippen MR) is 80.4 cm³/mol. The molecule has 0 aromatic carbocycles. The van der Waals surface area contributed by atoms with Crippen LogP contribution in [-0.4, -0.2) is 20.8 Å². The molecule has 0 saturated carbocycles. The van der Waals surface area contributed by atoms with Gasteiger partial charge in [-0.2, -0.15) is 0 Å². The van der Waals surface area contributed by atoms with Crippen molar-refractivity contribution in [2.24, 2.45) is 5.73 Å². The Hall–Kier alpha value is -1.95. The van der Waals surface area contributed by atoms with Crippen molar-refractivity contribution in [1.82, 2.24) is 15.0 Å². The summed E-state index contributed by atoms with van der Waals surface area (Å²) in [6.07, 6.45) is 0. The second-order valence-electron chi connectivity index (χ2n) is 4.62. The molecule has 2 aromatic rings. The average molecular weight is 287 g/mol. The van der Waals surface area contributed by atoms with Gasteiger partial charge in [-0.3, -0.25) is 5.41 Å². The first-order valence-electron chi connectivity index (χ1n) is 6.20. The van der Waals surface area contributed by atoms with Gasteiger partial charge in [0.15, 0.2) is 5.16 Å². The molecule has 2 aromatic heterocycles. The first kappa shape index (κ1) is 14.5. The third-order valence-corrected chi connectivity index (χ3v) is 3.96. The Morgan fingerprint density at radius 2 is 1.65 bits per heavy atom. The van der Waals surface area contributed by atoms with Crippen molar-refractivity contribution < 1.29 is 0 Å². The molecule has 0 fully saturated rings. The van der Waals surface area contributed by atoms with Crippen LogP contribution >= 0.6 is 11.8 Å². The van der Waals surface area contributed by atoms with Crippen molar-refractivity contribution >= 4 is 17.6 Å². The van der Waals surface area contributed by atoms with E-state index < -0.39 is 0 Å². The molecule has 2 rings (SSSR count). The van der Waals surface area contributed by atoms with Crippen LogP contribution in [0.1, 0.15) is 28.2 Å². The first-order chi connectivity index (χ1) is 9.38. The van der Waals surface area contributed by atoms with Crippen molar-refractivity contribution in [2.45, 2.75) is 37.9 Å². The number of nitrogens with two attached hydrogens (primary N) is 1. The summed E-state index contributed by atoms with van der Waals surface area (Å²) < 4.78 is 0. The molecule has 3 N–H and O–H groups in total. The standard InChI is InChI=1S/C14H17N5S/c1-7-5-6-11(12(15)16)13(17-7)20-14-18-9(3)8(2)10(4)19-14/h5-6H,1-4H3,(H3,15,16). The summed E-state index contributed by atoms with van der Waals surface area (Å²) in [5, 5.41) is 8.91. The number of aryl methyl sites for hydroxylation is 3. The molecule has 0 unspecified atom stereocenters. The molecule has 0 saturated heterocycles. The fourth-order valence-electron chi connectivity index (χ4n) is 1.69. The van der Waals surface area contributed by atoms with Crippen molar-refractivity contribution in [3.8, 4) is 0 Å². The van der Waals surface area contributed by atoms with Crippen LogP contribution in [0.5, 0.6) is 0 Å². The van der Waals surface area contributed by atoms with E-state index in [0.29, 0.717) is 15.7 Å². The molecule has 0 atom stereocenters. The highest BCUT2D eigenvalue weighted by Crippen LogP contribution is 2.27. The maximum absolute atomic E-state index is 7.61. The number of pyridine rings is 1. The van der Waals surface area contributed by atoms with Gasteiger partial charge in [0.25, 0.3) is 0 Å². The summed E-state index contributed by atoms with van der Waals surface area (Å²) in [5.41, 5.74) is 10.1. The van der Waals surface area contributed by atoms with E-state index >= 15 is 0 Å². The van der Waals surface area contributed by atoms with E-state index in [1.54, 1.807) is 6.07 Å². The van der Waals surface area contributed by atoms with Gasteiger partial charge in [-0.25, -0.2) is 15.0 Å². The Bertz CT molecular complexity index is 658. The van der Waals surface area contributed by atoms with Crippen LogP contribution in [-0.2, 0) is 0 Å². The normalized spacial score (nSPS) is 10.6. The quantitative estimate of drug-likeness (QED) is 0.514. The highest BCUT2D eigenvalue weighted by Gasteiger charge is 2.12. The van der Waals surface area contributed by atoms with Gasteiger partial charge in [0.2, 0.25) is 0 Å². The number of hydrogen-bond acceptors (Lipinski definition) is 5. The van der Waals surface area contributed by atoms with Gasteiger partial charge >= 0.3 is 0 Å². The first-order valence-corrected chi connectivity index (χ1v) is 7.02. The minimum Gasteiger partial charge on any atom is -0.384 e. The van der Waals surface area contributed by atoms with Gasteiger partial charge in [0.1, 0.15) is 10.9 Å². The van der Waals surface area contributed by atoms with Crippen molar-refractivity contribution in [1.29, 1.82) is 5.41 Å². The maximum Gasteiger partial charge on any atom is 0.194 e. The molecule has 6 heteroatoms. The molecule has 2 heterocycles. The van der Waals surface area contributed by atoms with Crippen LogP contribution in [0.2, 0.25) is 0 Å². The van der Waals surface area contributed by atoms with E-state index in [0.717, 1.165) is 22.6 Å². The third-order valence-electron chi connectivity index (χ3n) is 3.09. The number of nitrogens with one attached hydrogen (secondary N) is 1. The van der Waals surface area contributed by atoms with E-state index in [9.17, 15) is 0 Å². The lowest BCUT2D eigenvalue weighted by molar-refractivity contribution is 0.877. The van der Waals surface area contributed by atoms with E-state index in [-0.39, 0.29) is 5.84 Å². The van der Waals surface area contributed by atoms with Crippen LogP contribution < -0.4 is 5.73 Å². The molecule has 0 radical (unpaired) electrons. The second-order valence-corrected chi connectivity index (χ2v) is 5.58. The zero-order chi connectivity index (χ0) is 14.9. The number of rotatable bonds is 3. The van der Waals surface area contributed by atoms with Gasteiger partial charge in [0, 0.05) is 22.6 Å². The Kier molecular flexibility index (Phi) is 4.04. The SMILES string of the molecule is Cc1ccc(C(=N)N)c(Sc2nc(C)c(C)c(C)n2)n1. The van der Waals surface area contributed by atoms with Crippen LogP contribution in [0.15, 0.2) is 22.3 Å². The van der Waals surface area contributed by atoms with E-state index in [1.165, 1.54) is 11.8 Å². The topological polar surface area (TPSA) is 88.5 Å². The van der Waals surface area contributed by atoms with Gasteiger partial charge in [0.05, 0.1) is 0 Å². The molecule has 104 valence electrons. The molecule has 20 heavy (non-hydrogen) atoms. The molecule has 0 spiro atoms. The van der Waals surface area contributed by atoms with Crippen LogP contribution in [0.25, 0.3) is 0 Å². The minimum absolute atomic E-state index is 0.000514. The van der Waals surface area contributed by atoms with Crippen LogP contribution in [0.4, 0.5) is 0 Å². The summed E-state index contributed by atoms with van der Waals surface area (Å²) in [6.45, 7) is 7.83. The zero-order valence-corrected chi connectivity index (χ0v) is 12.8. The highest BCUT2D eigenvalue weighted by molar-refractivity contribution is 7.99. The summed E-state index contributed by atoms with van der Waals surface area (Å²) in [5.74, 6) is 0.000514. The average Bonchev–Trinajstić information content (AvgIpc) is 2.35. The Morgan fingerprint density at radius 3 is 2.20 bits per heavy atom. The summed E-state index contributed by atoms with van der Waals surface area (Å²) in [7, 11) is 0. The summed E-state index contributed by atoms with van der Waals surface area (Å²) >= 11 is 1.34. The molecule has 0 aliphatic carbocycles. The number of amidine groups is 1. The fraction of sp³-hybridized carbons (Fsp3) is 0.286. The monoisotopic (exact) mass is 287 g/mol. The van der Waals surface area contributed by atoms with Gasteiger partial charge in [-0.05, 0) is 57.2 Å². The van der Waals surface area contributed by atoms with E-state index in [1.807, 2.05) is 33.8 Å². The summed E-state index contributed by atoms with van der Waals surface area (Å²) in [6, 6.07) is 3.65. The molecule has 0 bridgehead atoms. The van der Waals surface area contributed by atoms with Gasteiger partial charge < -0.3 is 5.73 Å². The summed E-state index contributed by atoms with van der Waals surface area (Å²) in [4.78, 5) is 13.4. The lowest BCUT2D eigenvalue weighted by Crippen LogP contribution is -2.13. The third kappa shape index (κ3) is 2.96. The molecule has 0 aliphatic rings. The molecule has 0 aliphatic heterocycles. The van der Waals surface area contributed by atoms with Crippen LogP contribution in [0.3, 0.4) is 0 Å². The predicted octanol–water partition coefficient (Wildman–Crippen LogP) is 2.54. The minimum atomic E-state index is 0.000514. The number of aromatic nitrogens is 3. The van der Waals surface area contributed by atoms with E-state index in [2.05, 4.69) is 15.0 Å². The van der Waals surface area contributed by atoms with Crippen molar-refractivity contribution in [3.63, 3.8) is 0 Å². The lowest BCUT2D eigenvalue weighted by Gasteiger charge is -2.09. The number of nitrogen functional groups attached to an aromatic ring is 1. The van der Waals surface area contributed by atoms with Gasteiger partial charge in [-0.1, -0.05) is 0 Å². The highest BCUT2D eigenvalue weighted by atomic mass is 32.2.